The molecule has 0 atom stereocenters. The summed E-state index contributed by atoms with van der Waals surface area (Å²) in [5, 5.41) is 4.18. The molecule has 1 heterocycles. The first-order valence-corrected chi connectivity index (χ1v) is 8.97. The lowest BCUT2D eigenvalue weighted by Gasteiger charge is -2.06. The van der Waals surface area contributed by atoms with Gasteiger partial charge in [0.05, 0.1) is 17.8 Å². The summed E-state index contributed by atoms with van der Waals surface area (Å²) >= 11 is 1.86. The van der Waals surface area contributed by atoms with Gasteiger partial charge in [0.25, 0.3) is 5.91 Å². The second-order valence-corrected chi connectivity index (χ2v) is 6.94. The zero-order valence-electron chi connectivity index (χ0n) is 13.4. The highest BCUT2D eigenvalue weighted by atomic mass is 32.1. The topological polar surface area (TPSA) is 51.2 Å². The van der Waals surface area contributed by atoms with Crippen LogP contribution in [-0.4, -0.2) is 24.5 Å². The molecule has 0 unspecified atom stereocenters. The maximum absolute atomic E-state index is 12.0. The number of methoxy groups -OCH3 is 1. The number of amides is 1. The number of benzene rings is 1. The molecule has 1 amide bonds. The van der Waals surface area contributed by atoms with Crippen LogP contribution in [0.2, 0.25) is 0 Å². The van der Waals surface area contributed by atoms with Crippen LogP contribution in [0.1, 0.15) is 45.2 Å². The fourth-order valence-corrected chi connectivity index (χ4v) is 4.00. The van der Waals surface area contributed by atoms with Crippen LogP contribution >= 0.6 is 11.3 Å². The minimum absolute atomic E-state index is 0.0360. The first-order valence-electron chi connectivity index (χ1n) is 8.16. The summed E-state index contributed by atoms with van der Waals surface area (Å²) in [4.78, 5) is 18.3. The van der Waals surface area contributed by atoms with Crippen LogP contribution in [0, 0.1) is 0 Å². The van der Waals surface area contributed by atoms with Crippen molar-refractivity contribution in [1.82, 2.24) is 10.3 Å². The Balaban J connectivity index is 1.43. The number of ether oxygens (including phenoxy) is 1. The minimum atomic E-state index is -0.0360. The van der Waals surface area contributed by atoms with E-state index in [1.807, 2.05) is 11.3 Å². The van der Waals surface area contributed by atoms with Crippen LogP contribution in [-0.2, 0) is 19.3 Å². The molecule has 23 heavy (non-hydrogen) atoms. The van der Waals surface area contributed by atoms with E-state index in [9.17, 15) is 4.79 Å². The molecule has 5 heteroatoms. The number of hydrogen-bond acceptors (Lipinski definition) is 4. The normalized spacial score (nSPS) is 13.4. The van der Waals surface area contributed by atoms with Crippen LogP contribution in [0.15, 0.2) is 24.3 Å². The highest BCUT2D eigenvalue weighted by molar-refractivity contribution is 7.11. The molecule has 122 valence electrons. The van der Waals surface area contributed by atoms with E-state index in [4.69, 9.17) is 9.72 Å². The third kappa shape index (κ3) is 4.10. The molecule has 0 spiro atoms. The Kier molecular flexibility index (Phi) is 5.28. The standard InChI is InChI=1S/C18H22N2O2S/c1-22-14-10-8-13(9-11-14)18(21)19-12-4-7-17-20-15-5-2-3-6-16(15)23-17/h8-11H,2-7,12H2,1H3,(H,19,21). The second kappa shape index (κ2) is 7.59. The molecule has 2 aromatic rings. The van der Waals surface area contributed by atoms with Crippen LogP contribution in [0.5, 0.6) is 5.75 Å². The van der Waals surface area contributed by atoms with Gasteiger partial charge in [0.1, 0.15) is 5.75 Å². The minimum Gasteiger partial charge on any atom is -0.497 e. The van der Waals surface area contributed by atoms with Crippen molar-refractivity contribution in [3.05, 3.63) is 45.4 Å². The van der Waals surface area contributed by atoms with Gasteiger partial charge in [-0.25, -0.2) is 4.98 Å². The van der Waals surface area contributed by atoms with E-state index >= 15 is 0 Å². The van der Waals surface area contributed by atoms with Crippen molar-refractivity contribution in [2.24, 2.45) is 0 Å². The van der Waals surface area contributed by atoms with E-state index in [-0.39, 0.29) is 5.91 Å². The maximum atomic E-state index is 12.0. The number of nitrogens with zero attached hydrogens (tertiary/aromatic N) is 1. The molecule has 1 aromatic carbocycles. The average Bonchev–Trinajstić information content (AvgIpc) is 3.01. The number of nitrogens with one attached hydrogen (secondary N) is 1. The molecule has 1 aliphatic rings. The zero-order valence-corrected chi connectivity index (χ0v) is 14.2. The highest BCUT2D eigenvalue weighted by Gasteiger charge is 2.14. The average molecular weight is 330 g/mol. The predicted molar refractivity (Wildman–Crippen MR) is 92.4 cm³/mol. The molecule has 1 N–H and O–H groups in total. The van der Waals surface area contributed by atoms with Crippen molar-refractivity contribution >= 4 is 17.2 Å². The van der Waals surface area contributed by atoms with Gasteiger partial charge in [-0.05, 0) is 56.4 Å². The maximum Gasteiger partial charge on any atom is 0.251 e. The van der Waals surface area contributed by atoms with E-state index in [1.54, 1.807) is 31.4 Å². The van der Waals surface area contributed by atoms with E-state index in [0.717, 1.165) is 25.0 Å². The van der Waals surface area contributed by atoms with Crippen LogP contribution in [0.25, 0.3) is 0 Å². The molecule has 0 bridgehead atoms. The van der Waals surface area contributed by atoms with Gasteiger partial charge in [0.15, 0.2) is 0 Å². The molecule has 0 fully saturated rings. The lowest BCUT2D eigenvalue weighted by Crippen LogP contribution is -2.24. The van der Waals surface area contributed by atoms with Crippen molar-refractivity contribution in [2.45, 2.75) is 38.5 Å². The second-order valence-electron chi connectivity index (χ2n) is 5.77. The third-order valence-electron chi connectivity index (χ3n) is 4.10. The number of hydrogen-bond donors (Lipinski definition) is 1. The van der Waals surface area contributed by atoms with Gasteiger partial charge in [0.2, 0.25) is 0 Å². The summed E-state index contributed by atoms with van der Waals surface area (Å²) in [6.07, 6.45) is 6.77. The van der Waals surface area contributed by atoms with Crippen LogP contribution in [0.4, 0.5) is 0 Å². The van der Waals surface area contributed by atoms with Gasteiger partial charge in [-0.1, -0.05) is 0 Å². The zero-order chi connectivity index (χ0) is 16.1. The first kappa shape index (κ1) is 16.0. The third-order valence-corrected chi connectivity index (χ3v) is 5.31. The molecule has 4 nitrogen and oxygen atoms in total. The Morgan fingerprint density at radius 1 is 1.26 bits per heavy atom. The molecule has 0 radical (unpaired) electrons. The van der Waals surface area contributed by atoms with Gasteiger partial charge < -0.3 is 10.1 Å². The van der Waals surface area contributed by atoms with Crippen LogP contribution < -0.4 is 10.1 Å². The van der Waals surface area contributed by atoms with E-state index < -0.39 is 0 Å². The van der Waals surface area contributed by atoms with Gasteiger partial charge in [-0.2, -0.15) is 0 Å². The smallest absolute Gasteiger partial charge is 0.251 e. The summed E-state index contributed by atoms with van der Waals surface area (Å²) in [7, 11) is 1.62. The Hall–Kier alpha value is -1.88. The molecular formula is C18H22N2O2S. The van der Waals surface area contributed by atoms with Gasteiger partial charge in [-0.15, -0.1) is 11.3 Å². The summed E-state index contributed by atoms with van der Waals surface area (Å²) in [5.74, 6) is 0.723. The predicted octanol–water partition coefficient (Wildman–Crippen LogP) is 3.39. The van der Waals surface area contributed by atoms with Crippen molar-refractivity contribution in [2.75, 3.05) is 13.7 Å². The van der Waals surface area contributed by atoms with Crippen molar-refractivity contribution in [3.63, 3.8) is 0 Å². The molecule has 1 aliphatic carbocycles. The number of aromatic nitrogens is 1. The highest BCUT2D eigenvalue weighted by Crippen LogP contribution is 2.27. The largest absolute Gasteiger partial charge is 0.497 e. The number of thiazole rings is 1. The molecule has 0 saturated carbocycles. The quantitative estimate of drug-likeness (QED) is 0.826. The number of fused-ring (bicyclic) bond motifs is 1. The van der Waals surface area contributed by atoms with Crippen molar-refractivity contribution < 1.29 is 9.53 Å². The summed E-state index contributed by atoms with van der Waals surface area (Å²) < 4.78 is 5.09. The lowest BCUT2D eigenvalue weighted by atomic mass is 10.0. The molecular weight excluding hydrogens is 308 g/mol. The summed E-state index contributed by atoms with van der Waals surface area (Å²) in [5.41, 5.74) is 1.98. The summed E-state index contributed by atoms with van der Waals surface area (Å²) in [6, 6.07) is 7.16. The first-order chi connectivity index (χ1) is 11.3. The summed E-state index contributed by atoms with van der Waals surface area (Å²) in [6.45, 7) is 0.676. The van der Waals surface area contributed by atoms with Crippen molar-refractivity contribution in [3.8, 4) is 5.75 Å². The van der Waals surface area contributed by atoms with Crippen LogP contribution in [0.3, 0.4) is 0 Å². The van der Waals surface area contributed by atoms with E-state index in [0.29, 0.717) is 12.1 Å². The molecule has 1 aromatic heterocycles. The molecule has 3 rings (SSSR count). The fourth-order valence-electron chi connectivity index (χ4n) is 2.80. The Morgan fingerprint density at radius 3 is 2.78 bits per heavy atom. The number of carbonyl (C=O) groups excluding carboxylic acids is 1. The Labute approximate surface area is 140 Å². The van der Waals surface area contributed by atoms with Crippen molar-refractivity contribution in [1.29, 1.82) is 0 Å². The fraction of sp³-hybridized carbons (Fsp3) is 0.444. The number of aryl methyl sites for hydroxylation is 3. The SMILES string of the molecule is COc1ccc(C(=O)NCCCc2nc3c(s2)CCCC3)cc1. The monoisotopic (exact) mass is 330 g/mol. The molecule has 0 aliphatic heterocycles. The van der Waals surface area contributed by atoms with Gasteiger partial charge in [0, 0.05) is 23.4 Å². The van der Waals surface area contributed by atoms with Gasteiger partial charge in [-0.3, -0.25) is 4.79 Å². The van der Waals surface area contributed by atoms with E-state index in [1.165, 1.54) is 34.8 Å². The lowest BCUT2D eigenvalue weighted by molar-refractivity contribution is 0.0953. The number of carbonyl (C=O) groups is 1. The number of rotatable bonds is 6. The Morgan fingerprint density at radius 2 is 2.04 bits per heavy atom. The van der Waals surface area contributed by atoms with Gasteiger partial charge >= 0.3 is 0 Å². The molecule has 0 saturated heterocycles. The van der Waals surface area contributed by atoms with E-state index in [2.05, 4.69) is 5.32 Å². The Bertz CT molecular complexity index is 641.